The molecule has 1 N–H and O–H groups in total. The van der Waals surface area contributed by atoms with E-state index in [0.717, 1.165) is 18.5 Å². The van der Waals surface area contributed by atoms with Gasteiger partial charge in [0.2, 0.25) is 5.91 Å². The zero-order chi connectivity index (χ0) is 17.2. The summed E-state index contributed by atoms with van der Waals surface area (Å²) >= 11 is 0. The number of fused-ring (bicyclic) bond motifs is 1. The van der Waals surface area contributed by atoms with Gasteiger partial charge in [0.05, 0.1) is 6.42 Å². The molecule has 0 aliphatic carbocycles. The minimum atomic E-state index is -0.692. The van der Waals surface area contributed by atoms with Gasteiger partial charge in [-0.1, -0.05) is 17.3 Å². The monoisotopic (exact) mass is 349 g/mol. The molecular weight excluding hydrogens is 326 g/mol. The van der Waals surface area contributed by atoms with E-state index in [1.54, 1.807) is 0 Å². The Morgan fingerprint density at radius 2 is 2.04 bits per heavy atom. The van der Waals surface area contributed by atoms with Crippen LogP contribution in [0.2, 0.25) is 0 Å². The Bertz CT molecular complexity index is 746. The molecular formula is C17H23N3O3S. The Balaban J connectivity index is 1.56. The molecule has 1 aliphatic heterocycles. The number of rotatable bonds is 5. The second-order valence-corrected chi connectivity index (χ2v) is 8.42. The SMILES string of the molecule is CC(C)(CNC(=O)Cc1noc2ccccc12)N1CCS(=O)CC1. The minimum absolute atomic E-state index is 0.0669. The maximum Gasteiger partial charge on any atom is 0.226 e. The molecule has 24 heavy (non-hydrogen) atoms. The van der Waals surface area contributed by atoms with Gasteiger partial charge in [0.25, 0.3) is 0 Å². The van der Waals surface area contributed by atoms with Crippen LogP contribution in [0.4, 0.5) is 0 Å². The van der Waals surface area contributed by atoms with Crippen molar-refractivity contribution >= 4 is 27.7 Å². The standard InChI is InChI=1S/C17H23N3O3S/c1-17(2,20-7-9-24(22)10-8-20)12-18-16(21)11-14-13-5-3-4-6-15(13)23-19-14/h3-6H,7-12H2,1-2H3,(H,18,21). The lowest BCUT2D eigenvalue weighted by molar-refractivity contribution is -0.121. The summed E-state index contributed by atoms with van der Waals surface area (Å²) in [5.41, 5.74) is 1.20. The fourth-order valence-electron chi connectivity index (χ4n) is 2.95. The van der Waals surface area contributed by atoms with Crippen LogP contribution in [0.1, 0.15) is 19.5 Å². The molecule has 1 amide bonds. The largest absolute Gasteiger partial charge is 0.356 e. The quantitative estimate of drug-likeness (QED) is 0.881. The molecule has 1 saturated heterocycles. The van der Waals surface area contributed by atoms with Crippen LogP contribution in [0.5, 0.6) is 0 Å². The summed E-state index contributed by atoms with van der Waals surface area (Å²) in [6, 6.07) is 7.54. The molecule has 130 valence electrons. The Hall–Kier alpha value is -1.73. The lowest BCUT2D eigenvalue weighted by Crippen LogP contribution is -2.55. The van der Waals surface area contributed by atoms with E-state index in [2.05, 4.69) is 29.2 Å². The third kappa shape index (κ3) is 3.84. The van der Waals surface area contributed by atoms with E-state index in [1.807, 2.05) is 24.3 Å². The van der Waals surface area contributed by atoms with E-state index in [1.165, 1.54) is 0 Å². The highest BCUT2D eigenvalue weighted by molar-refractivity contribution is 7.85. The number of amides is 1. The Kier molecular flexibility index (Phi) is 5.01. The van der Waals surface area contributed by atoms with Gasteiger partial charge >= 0.3 is 0 Å². The lowest BCUT2D eigenvalue weighted by atomic mass is 10.0. The maximum absolute atomic E-state index is 12.3. The summed E-state index contributed by atoms with van der Waals surface area (Å²) in [5, 5.41) is 7.87. The highest BCUT2D eigenvalue weighted by Crippen LogP contribution is 2.19. The van der Waals surface area contributed by atoms with Crippen LogP contribution in [0, 0.1) is 0 Å². The van der Waals surface area contributed by atoms with Gasteiger partial charge in [-0.2, -0.15) is 0 Å². The van der Waals surface area contributed by atoms with Gasteiger partial charge in [-0.25, -0.2) is 0 Å². The van der Waals surface area contributed by atoms with E-state index in [0.29, 0.717) is 29.3 Å². The number of hydrogen-bond acceptors (Lipinski definition) is 5. The third-order valence-corrected chi connectivity index (χ3v) is 5.81. The van der Waals surface area contributed by atoms with Crippen molar-refractivity contribution in [2.45, 2.75) is 25.8 Å². The van der Waals surface area contributed by atoms with Crippen molar-refractivity contribution < 1.29 is 13.5 Å². The maximum atomic E-state index is 12.3. The molecule has 1 aromatic heterocycles. The topological polar surface area (TPSA) is 75.4 Å². The van der Waals surface area contributed by atoms with Crippen LogP contribution >= 0.6 is 0 Å². The molecule has 1 fully saturated rings. The fourth-order valence-corrected chi connectivity index (χ4v) is 4.00. The van der Waals surface area contributed by atoms with E-state index in [-0.39, 0.29) is 17.9 Å². The summed E-state index contributed by atoms with van der Waals surface area (Å²) < 4.78 is 16.7. The normalized spacial score (nSPS) is 17.2. The number of nitrogens with one attached hydrogen (secondary N) is 1. The number of carbonyl (C=O) groups is 1. The number of benzene rings is 1. The van der Waals surface area contributed by atoms with Gasteiger partial charge in [-0.3, -0.25) is 13.9 Å². The molecule has 0 atom stereocenters. The Morgan fingerprint density at radius 1 is 1.33 bits per heavy atom. The average molecular weight is 349 g/mol. The van der Waals surface area contributed by atoms with Crippen LogP contribution in [-0.4, -0.2) is 56.9 Å². The van der Waals surface area contributed by atoms with Gasteiger partial charge in [0.15, 0.2) is 5.58 Å². The highest BCUT2D eigenvalue weighted by atomic mass is 32.2. The summed E-state index contributed by atoms with van der Waals surface area (Å²) in [6.45, 7) is 6.38. The fraction of sp³-hybridized carbons (Fsp3) is 0.529. The smallest absolute Gasteiger partial charge is 0.226 e. The van der Waals surface area contributed by atoms with Gasteiger partial charge in [-0.05, 0) is 26.0 Å². The van der Waals surface area contributed by atoms with Crippen molar-refractivity contribution in [1.29, 1.82) is 0 Å². The molecule has 1 aliphatic rings. The number of nitrogens with zero attached hydrogens (tertiary/aromatic N) is 2. The summed E-state index contributed by atoms with van der Waals surface area (Å²) in [4.78, 5) is 14.6. The molecule has 0 spiro atoms. The van der Waals surface area contributed by atoms with Gasteiger partial charge in [0, 0.05) is 52.9 Å². The summed E-state index contributed by atoms with van der Waals surface area (Å²) in [6.07, 6.45) is 0.205. The van der Waals surface area contributed by atoms with Gasteiger partial charge < -0.3 is 9.84 Å². The first kappa shape index (κ1) is 17.1. The van der Waals surface area contributed by atoms with Crippen LogP contribution < -0.4 is 5.32 Å². The minimum Gasteiger partial charge on any atom is -0.356 e. The van der Waals surface area contributed by atoms with Crippen molar-refractivity contribution in [3.05, 3.63) is 30.0 Å². The molecule has 0 radical (unpaired) electrons. The molecule has 6 nitrogen and oxygen atoms in total. The van der Waals surface area contributed by atoms with Crippen LogP contribution in [0.15, 0.2) is 28.8 Å². The van der Waals surface area contributed by atoms with Crippen molar-refractivity contribution in [2.75, 3.05) is 31.1 Å². The predicted octanol–water partition coefficient (Wildman–Crippen LogP) is 1.33. The number of carbonyl (C=O) groups excluding carboxylic acids is 1. The first-order valence-corrected chi connectivity index (χ1v) is 9.64. The lowest BCUT2D eigenvalue weighted by Gasteiger charge is -2.40. The number of hydrogen-bond donors (Lipinski definition) is 1. The molecule has 2 heterocycles. The summed E-state index contributed by atoms with van der Waals surface area (Å²) in [5.74, 6) is 1.35. The van der Waals surface area contributed by atoms with Crippen LogP contribution in [0.3, 0.4) is 0 Å². The van der Waals surface area contributed by atoms with Crippen molar-refractivity contribution in [3.8, 4) is 0 Å². The highest BCUT2D eigenvalue weighted by Gasteiger charge is 2.30. The molecule has 3 rings (SSSR count). The van der Waals surface area contributed by atoms with E-state index in [4.69, 9.17) is 4.52 Å². The second-order valence-electron chi connectivity index (χ2n) is 6.73. The molecule has 0 unspecified atom stereocenters. The van der Waals surface area contributed by atoms with Crippen LogP contribution in [-0.2, 0) is 22.0 Å². The van der Waals surface area contributed by atoms with Gasteiger partial charge in [0.1, 0.15) is 5.69 Å². The first-order chi connectivity index (χ1) is 11.5. The number of aromatic nitrogens is 1. The van der Waals surface area contributed by atoms with Crippen LogP contribution in [0.25, 0.3) is 11.0 Å². The van der Waals surface area contributed by atoms with E-state index in [9.17, 15) is 9.00 Å². The number of para-hydroxylation sites is 1. The second kappa shape index (κ2) is 7.03. The van der Waals surface area contributed by atoms with Crippen molar-refractivity contribution in [3.63, 3.8) is 0 Å². The molecule has 0 bridgehead atoms. The molecule has 2 aromatic rings. The Morgan fingerprint density at radius 3 is 2.79 bits per heavy atom. The molecule has 1 aromatic carbocycles. The molecule has 0 saturated carbocycles. The van der Waals surface area contributed by atoms with Gasteiger partial charge in [-0.15, -0.1) is 0 Å². The first-order valence-electron chi connectivity index (χ1n) is 8.16. The average Bonchev–Trinajstić information content (AvgIpc) is 2.97. The zero-order valence-electron chi connectivity index (χ0n) is 14.1. The third-order valence-electron chi connectivity index (χ3n) is 4.53. The zero-order valence-corrected chi connectivity index (χ0v) is 14.9. The molecule has 7 heteroatoms. The Labute approximate surface area is 144 Å². The van der Waals surface area contributed by atoms with E-state index < -0.39 is 10.8 Å². The van der Waals surface area contributed by atoms with E-state index >= 15 is 0 Å². The van der Waals surface area contributed by atoms with Crippen molar-refractivity contribution in [1.82, 2.24) is 15.4 Å². The van der Waals surface area contributed by atoms with Crippen molar-refractivity contribution in [2.24, 2.45) is 0 Å². The summed E-state index contributed by atoms with van der Waals surface area (Å²) in [7, 11) is -0.692. The predicted molar refractivity (Wildman–Crippen MR) is 94.3 cm³/mol.